The summed E-state index contributed by atoms with van der Waals surface area (Å²) in [7, 11) is 0. The Labute approximate surface area is 491 Å². The van der Waals surface area contributed by atoms with Crippen molar-refractivity contribution in [3.05, 3.63) is 143 Å². The summed E-state index contributed by atoms with van der Waals surface area (Å²) in [5.41, 5.74) is 11.9. The van der Waals surface area contributed by atoms with Crippen molar-refractivity contribution in [2.75, 3.05) is 0 Å². The monoisotopic (exact) mass is 1250 g/mol. The maximum absolute atomic E-state index is 12.1. The van der Waals surface area contributed by atoms with Gasteiger partial charge in [-0.25, -0.2) is 0 Å². The minimum Gasteiger partial charge on any atom is -0.512 e. The number of hydrogen-bond donors (Lipinski definition) is 1. The van der Waals surface area contributed by atoms with Crippen LogP contribution < -0.4 is 0 Å². The molecule has 8 rings (SSSR count). The van der Waals surface area contributed by atoms with Crippen LogP contribution in [0.3, 0.4) is 0 Å². The number of aromatic nitrogens is 2. The van der Waals surface area contributed by atoms with Gasteiger partial charge in [0.25, 0.3) is 0 Å². The SMILES string of the molecule is CCC(CC)C(=O)CC(=O)C(C)(CC)CC.CCC(CC)C(O)=CC(=O)C(C)(CC)CC.Cc1[c-]c(-c2nccc3cc(C4CCCC4)ccc23)cc(C)c1.Cc1cc(C)cc(-c2nccc3cc(C4CCCC4)ccc23)c1.[Ir]. The van der Waals surface area contributed by atoms with Crippen molar-refractivity contribution in [2.24, 2.45) is 22.7 Å². The summed E-state index contributed by atoms with van der Waals surface area (Å²) in [6.45, 7) is 28.6. The molecule has 0 atom stereocenters. The molecule has 1 N–H and O–H groups in total. The topological polar surface area (TPSA) is 97.2 Å². The summed E-state index contributed by atoms with van der Waals surface area (Å²) in [5, 5.41) is 15.0. The number of allylic oxidation sites excluding steroid dienone is 2. The van der Waals surface area contributed by atoms with Crippen LogP contribution in [0.1, 0.15) is 224 Å². The number of aliphatic hydroxyl groups is 1. The van der Waals surface area contributed by atoms with Crippen LogP contribution in [-0.4, -0.2) is 32.4 Å². The van der Waals surface area contributed by atoms with Crippen LogP contribution in [0.15, 0.2) is 103 Å². The zero-order chi connectivity index (χ0) is 57.2. The number of nitrogens with zero attached hydrogens (tertiary/aromatic N) is 2. The Bertz CT molecular complexity index is 2750. The number of hydrogen-bond acceptors (Lipinski definition) is 6. The first-order valence-corrected chi connectivity index (χ1v) is 30.2. The van der Waals surface area contributed by atoms with E-state index in [1.54, 1.807) is 0 Å². The number of ketones is 3. The van der Waals surface area contributed by atoms with Crippen molar-refractivity contribution >= 4 is 38.9 Å². The smallest absolute Gasteiger partial charge is 0.164 e. The zero-order valence-corrected chi connectivity index (χ0v) is 53.4. The van der Waals surface area contributed by atoms with Crippen molar-refractivity contribution in [3.8, 4) is 22.5 Å². The predicted molar refractivity (Wildman–Crippen MR) is 330 cm³/mol. The van der Waals surface area contributed by atoms with E-state index >= 15 is 0 Å². The number of Topliss-reactive ketones (excluding diaryl/α,β-unsaturated/α-hetero) is 2. The molecule has 0 spiro atoms. The minimum atomic E-state index is -0.319. The van der Waals surface area contributed by atoms with Gasteiger partial charge in [0.1, 0.15) is 11.6 Å². The molecule has 79 heavy (non-hydrogen) atoms. The molecule has 2 fully saturated rings. The van der Waals surface area contributed by atoms with E-state index in [2.05, 4.69) is 123 Å². The van der Waals surface area contributed by atoms with Crippen LogP contribution >= 0.6 is 0 Å². The molecule has 2 aliphatic rings. The Hall–Kier alpha value is -5.10. The van der Waals surface area contributed by atoms with E-state index in [9.17, 15) is 19.5 Å². The maximum atomic E-state index is 12.1. The molecular formula is C72H97IrN2O4-. The van der Waals surface area contributed by atoms with Gasteiger partial charge in [0, 0.05) is 72.2 Å². The van der Waals surface area contributed by atoms with E-state index in [-0.39, 0.29) is 72.3 Å². The molecule has 7 heteroatoms. The molecule has 6 nitrogen and oxygen atoms in total. The first kappa shape index (κ1) is 66.4. The predicted octanol–water partition coefficient (Wildman–Crippen LogP) is 20.2. The largest absolute Gasteiger partial charge is 0.512 e. The summed E-state index contributed by atoms with van der Waals surface area (Å²) in [6.07, 6.45) is 23.1. The van der Waals surface area contributed by atoms with Gasteiger partial charge in [-0.15, -0.1) is 34.9 Å². The Morgan fingerprint density at radius 2 is 1.03 bits per heavy atom. The number of carbonyl (C=O) groups excluding carboxylic acids is 3. The molecule has 2 heterocycles. The minimum absolute atomic E-state index is 0. The molecule has 429 valence electrons. The number of rotatable bonds is 19. The zero-order valence-electron chi connectivity index (χ0n) is 51.0. The molecule has 0 saturated heterocycles. The van der Waals surface area contributed by atoms with Crippen LogP contribution in [-0.2, 0) is 34.5 Å². The Kier molecular flexibility index (Phi) is 26.7. The quantitative estimate of drug-likeness (QED) is 0.0376. The normalized spacial score (nSPS) is 14.1. The number of benzene rings is 4. The standard InChI is InChI=1S/C22H23N.C22H22N.2C14H26O2.Ir/c2*1-15-11-16(2)13-20(12-15)22-21-8-7-18(17-5-3-4-6-17)14-19(21)9-10-23-22;2*1-6-11(7-2)12(15)10-13(16)14(5,8-3)9-4;/h7-14,17H,3-6H2,1-2H3;7-12,14,17H,3-6H2,1-2H3;11H,6-10H2,1-5H3;10-11,15H,6-9H2,1-5H3;/q;-1;;;. The van der Waals surface area contributed by atoms with Gasteiger partial charge >= 0.3 is 0 Å². The van der Waals surface area contributed by atoms with Crippen molar-refractivity contribution < 1.29 is 39.6 Å². The molecule has 2 saturated carbocycles. The van der Waals surface area contributed by atoms with E-state index < -0.39 is 0 Å². The molecular weight excluding hydrogens is 1150 g/mol. The van der Waals surface area contributed by atoms with Crippen LogP contribution in [0, 0.1) is 56.4 Å². The second-order valence-corrected chi connectivity index (χ2v) is 23.4. The average molecular weight is 1250 g/mol. The van der Waals surface area contributed by atoms with E-state index in [1.165, 1.54) is 118 Å². The molecule has 2 aliphatic carbocycles. The summed E-state index contributed by atoms with van der Waals surface area (Å²) in [5.74, 6) is 2.27. The van der Waals surface area contributed by atoms with Crippen molar-refractivity contribution in [1.82, 2.24) is 9.97 Å². The molecule has 2 aromatic heterocycles. The van der Waals surface area contributed by atoms with Crippen molar-refractivity contribution in [1.29, 1.82) is 0 Å². The third-order valence-corrected chi connectivity index (χ3v) is 18.0. The fourth-order valence-corrected chi connectivity index (χ4v) is 11.6. The van der Waals surface area contributed by atoms with Gasteiger partial charge < -0.3 is 10.1 Å². The third-order valence-electron chi connectivity index (χ3n) is 18.0. The molecule has 0 aliphatic heterocycles. The molecule has 6 aromatic rings. The second-order valence-electron chi connectivity index (χ2n) is 23.4. The van der Waals surface area contributed by atoms with Crippen molar-refractivity contribution in [2.45, 2.75) is 218 Å². The Morgan fingerprint density at radius 1 is 0.582 bits per heavy atom. The van der Waals surface area contributed by atoms with Crippen LogP contribution in [0.4, 0.5) is 0 Å². The van der Waals surface area contributed by atoms with Gasteiger partial charge in [-0.3, -0.25) is 19.4 Å². The summed E-state index contributed by atoms with van der Waals surface area (Å²) >= 11 is 0. The molecule has 0 unspecified atom stereocenters. The first-order valence-electron chi connectivity index (χ1n) is 30.2. The summed E-state index contributed by atoms with van der Waals surface area (Å²) in [4.78, 5) is 45.3. The van der Waals surface area contributed by atoms with Gasteiger partial charge in [-0.2, -0.15) is 0 Å². The first-order chi connectivity index (χ1) is 37.3. The fraction of sp³-hybridized carbons (Fsp3) is 0.514. The van der Waals surface area contributed by atoms with Crippen molar-refractivity contribution in [3.63, 3.8) is 0 Å². The number of pyridine rings is 2. The number of aliphatic hydroxyl groups excluding tert-OH is 1. The molecule has 0 bridgehead atoms. The fourth-order valence-electron chi connectivity index (χ4n) is 11.6. The van der Waals surface area contributed by atoms with Gasteiger partial charge in [0.15, 0.2) is 5.78 Å². The average Bonchev–Trinajstić information content (AvgIpc) is 4.22. The second kappa shape index (κ2) is 31.8. The third kappa shape index (κ3) is 17.9. The summed E-state index contributed by atoms with van der Waals surface area (Å²) in [6, 6.07) is 32.7. The Morgan fingerprint density at radius 3 is 1.47 bits per heavy atom. The molecule has 4 aromatic carbocycles. The van der Waals surface area contributed by atoms with Crippen LogP contribution in [0.5, 0.6) is 0 Å². The summed E-state index contributed by atoms with van der Waals surface area (Å²) < 4.78 is 0. The maximum Gasteiger partial charge on any atom is 0.164 e. The van der Waals surface area contributed by atoms with Gasteiger partial charge in [0.05, 0.1) is 17.9 Å². The number of aryl methyl sites for hydroxylation is 4. The van der Waals surface area contributed by atoms with Crippen LogP contribution in [0.25, 0.3) is 44.1 Å². The van der Waals surface area contributed by atoms with E-state index in [0.717, 1.165) is 80.2 Å². The van der Waals surface area contributed by atoms with Gasteiger partial charge in [-0.1, -0.05) is 162 Å². The molecule has 0 amide bonds. The van der Waals surface area contributed by atoms with E-state index in [1.807, 2.05) is 81.6 Å². The number of fused-ring (bicyclic) bond motifs is 2. The van der Waals surface area contributed by atoms with Crippen LogP contribution in [0.2, 0.25) is 0 Å². The van der Waals surface area contributed by atoms with E-state index in [4.69, 9.17) is 0 Å². The van der Waals surface area contributed by atoms with Gasteiger partial charge in [-0.05, 0) is 160 Å². The Balaban J connectivity index is 0.000000230. The van der Waals surface area contributed by atoms with Gasteiger partial charge in [0.2, 0.25) is 0 Å². The molecule has 1 radical (unpaired) electrons. The van der Waals surface area contributed by atoms with E-state index in [0.29, 0.717) is 0 Å². The number of carbonyl (C=O) groups is 3.